The molecule has 0 amide bonds. The van der Waals surface area contributed by atoms with Crippen molar-refractivity contribution in [1.82, 2.24) is 4.98 Å². The first-order chi connectivity index (χ1) is 8.56. The normalized spacial score (nSPS) is 11.2. The second-order valence-corrected chi connectivity index (χ2v) is 4.26. The summed E-state index contributed by atoms with van der Waals surface area (Å²) >= 11 is 0. The monoisotopic (exact) mass is 244 g/mol. The molecule has 0 aliphatic carbocycles. The van der Waals surface area contributed by atoms with Crippen molar-refractivity contribution in [2.45, 2.75) is 6.92 Å². The number of nitro benzene ring substituents is 1. The fraction of sp³-hybridized carbons (Fsp3) is 0.0769. The van der Waals surface area contributed by atoms with Crippen LogP contribution in [-0.4, -0.2) is 9.91 Å². The fourth-order valence-electron chi connectivity index (χ4n) is 2.23. The van der Waals surface area contributed by atoms with Gasteiger partial charge in [-0.3, -0.25) is 10.1 Å². The first-order valence-corrected chi connectivity index (χ1v) is 5.42. The lowest BCUT2D eigenvalue weighted by molar-refractivity contribution is -0.384. The quantitative estimate of drug-likeness (QED) is 0.524. The van der Waals surface area contributed by atoms with Crippen molar-refractivity contribution in [2.75, 3.05) is 0 Å². The summed E-state index contributed by atoms with van der Waals surface area (Å²) in [5.41, 5.74) is 2.37. The van der Waals surface area contributed by atoms with E-state index < -0.39 is 4.92 Å². The van der Waals surface area contributed by atoms with Gasteiger partial charge in [0.25, 0.3) is 5.69 Å². The van der Waals surface area contributed by atoms with E-state index in [2.05, 4.69) is 4.98 Å². The average molecular weight is 244 g/mol. The molecule has 0 aliphatic rings. The van der Waals surface area contributed by atoms with E-state index in [1.54, 1.807) is 13.0 Å². The molecule has 0 bridgehead atoms. The molecule has 0 atom stereocenters. The van der Waals surface area contributed by atoms with Gasteiger partial charge in [-0.25, -0.2) is 4.39 Å². The highest BCUT2D eigenvalue weighted by atomic mass is 19.1. The predicted octanol–water partition coefficient (Wildman–Crippen LogP) is 3.68. The molecule has 1 N–H and O–H groups in total. The minimum Gasteiger partial charge on any atom is -0.354 e. The Morgan fingerprint density at radius 1 is 1.22 bits per heavy atom. The van der Waals surface area contributed by atoms with Gasteiger partial charge in [-0.05, 0) is 30.7 Å². The van der Waals surface area contributed by atoms with Gasteiger partial charge in [0.1, 0.15) is 5.82 Å². The van der Waals surface area contributed by atoms with E-state index in [1.165, 1.54) is 24.3 Å². The molecule has 5 heteroatoms. The summed E-state index contributed by atoms with van der Waals surface area (Å²) in [5.74, 6) is -0.340. The number of halogens is 1. The van der Waals surface area contributed by atoms with E-state index in [0.717, 1.165) is 16.6 Å². The summed E-state index contributed by atoms with van der Waals surface area (Å²) in [4.78, 5) is 13.5. The molecule has 3 rings (SSSR count). The standard InChI is InChI=1S/C13H9FN2O2/c1-7-4-8(14)5-11-10-6-9(16(17)18)2-3-12(10)15-13(7)11/h2-6,15H,1H3. The molecule has 1 heterocycles. The van der Waals surface area contributed by atoms with Gasteiger partial charge in [0.05, 0.1) is 4.92 Å². The molecular formula is C13H9FN2O2. The van der Waals surface area contributed by atoms with E-state index >= 15 is 0 Å². The lowest BCUT2D eigenvalue weighted by Gasteiger charge is -1.96. The number of rotatable bonds is 1. The molecule has 1 aromatic heterocycles. The molecule has 18 heavy (non-hydrogen) atoms. The number of hydrogen-bond acceptors (Lipinski definition) is 2. The summed E-state index contributed by atoms with van der Waals surface area (Å²) < 4.78 is 13.4. The molecule has 4 nitrogen and oxygen atoms in total. The Hall–Kier alpha value is -2.43. The van der Waals surface area contributed by atoms with Crippen molar-refractivity contribution in [1.29, 1.82) is 0 Å². The lowest BCUT2D eigenvalue weighted by Crippen LogP contribution is -1.86. The van der Waals surface area contributed by atoms with Crippen LogP contribution in [0.1, 0.15) is 5.56 Å². The number of fused-ring (bicyclic) bond motifs is 3. The SMILES string of the molecule is Cc1cc(F)cc2c1[nH]c1ccc([N+](=O)[O-])cc12. The average Bonchev–Trinajstić information content (AvgIpc) is 2.67. The number of nitrogens with zero attached hydrogens (tertiary/aromatic N) is 1. The summed E-state index contributed by atoms with van der Waals surface area (Å²) in [5, 5.41) is 12.1. The number of aromatic amines is 1. The molecule has 0 radical (unpaired) electrons. The van der Waals surface area contributed by atoms with Gasteiger partial charge in [0.15, 0.2) is 0 Å². The molecule has 0 spiro atoms. The van der Waals surface area contributed by atoms with Gasteiger partial charge in [-0.2, -0.15) is 0 Å². The third-order valence-electron chi connectivity index (χ3n) is 3.06. The number of benzene rings is 2. The highest BCUT2D eigenvalue weighted by Crippen LogP contribution is 2.30. The maximum Gasteiger partial charge on any atom is 0.270 e. The van der Waals surface area contributed by atoms with E-state index in [9.17, 15) is 14.5 Å². The molecule has 90 valence electrons. The zero-order valence-electron chi connectivity index (χ0n) is 9.53. The molecule has 0 fully saturated rings. The van der Waals surface area contributed by atoms with Crippen molar-refractivity contribution in [3.05, 3.63) is 51.8 Å². The van der Waals surface area contributed by atoms with E-state index in [-0.39, 0.29) is 11.5 Å². The molecule has 0 unspecified atom stereocenters. The second-order valence-electron chi connectivity index (χ2n) is 4.26. The van der Waals surface area contributed by atoms with Crippen LogP contribution in [0.4, 0.5) is 10.1 Å². The Kier molecular flexibility index (Phi) is 2.10. The van der Waals surface area contributed by atoms with Crippen LogP contribution in [0.2, 0.25) is 0 Å². The maximum atomic E-state index is 13.4. The van der Waals surface area contributed by atoms with Gasteiger partial charge in [0, 0.05) is 33.9 Å². The van der Waals surface area contributed by atoms with Crippen LogP contribution in [0.3, 0.4) is 0 Å². The highest BCUT2D eigenvalue weighted by Gasteiger charge is 2.12. The number of aryl methyl sites for hydroxylation is 1. The number of nitrogens with one attached hydrogen (secondary N) is 1. The van der Waals surface area contributed by atoms with Gasteiger partial charge in [-0.15, -0.1) is 0 Å². The molecule has 0 aliphatic heterocycles. The van der Waals surface area contributed by atoms with Gasteiger partial charge >= 0.3 is 0 Å². The lowest BCUT2D eigenvalue weighted by atomic mass is 10.1. The van der Waals surface area contributed by atoms with Crippen molar-refractivity contribution in [3.8, 4) is 0 Å². The van der Waals surface area contributed by atoms with Crippen LogP contribution >= 0.6 is 0 Å². The largest absolute Gasteiger partial charge is 0.354 e. The zero-order valence-corrected chi connectivity index (χ0v) is 9.53. The van der Waals surface area contributed by atoms with Crippen LogP contribution < -0.4 is 0 Å². The Bertz CT molecular complexity index is 792. The molecule has 0 saturated carbocycles. The summed E-state index contributed by atoms with van der Waals surface area (Å²) in [6.45, 7) is 1.80. The number of nitro groups is 1. The zero-order chi connectivity index (χ0) is 12.9. The predicted molar refractivity (Wildman–Crippen MR) is 67.2 cm³/mol. The number of aromatic nitrogens is 1. The molecular weight excluding hydrogens is 235 g/mol. The number of hydrogen-bond donors (Lipinski definition) is 1. The van der Waals surface area contributed by atoms with Crippen LogP contribution in [0.5, 0.6) is 0 Å². The summed E-state index contributed by atoms with van der Waals surface area (Å²) in [6, 6.07) is 7.37. The van der Waals surface area contributed by atoms with Crippen LogP contribution in [0.15, 0.2) is 30.3 Å². The molecule has 2 aromatic carbocycles. The van der Waals surface area contributed by atoms with E-state index in [1.807, 2.05) is 0 Å². The number of non-ortho nitro benzene ring substituents is 1. The summed E-state index contributed by atoms with van der Waals surface area (Å²) in [6.07, 6.45) is 0. The first kappa shape index (κ1) is 10.7. The molecule has 3 aromatic rings. The van der Waals surface area contributed by atoms with Crippen molar-refractivity contribution >= 4 is 27.5 Å². The smallest absolute Gasteiger partial charge is 0.270 e. The van der Waals surface area contributed by atoms with Gasteiger partial charge in [0.2, 0.25) is 0 Å². The Morgan fingerprint density at radius 3 is 2.72 bits per heavy atom. The van der Waals surface area contributed by atoms with Crippen LogP contribution in [0.25, 0.3) is 21.8 Å². The first-order valence-electron chi connectivity index (χ1n) is 5.42. The second kappa shape index (κ2) is 3.53. The fourth-order valence-corrected chi connectivity index (χ4v) is 2.23. The van der Waals surface area contributed by atoms with E-state index in [0.29, 0.717) is 10.8 Å². The molecule has 0 saturated heterocycles. The number of H-pyrrole nitrogens is 1. The van der Waals surface area contributed by atoms with Crippen molar-refractivity contribution in [3.63, 3.8) is 0 Å². The minimum atomic E-state index is -0.454. The Labute approximate surface area is 101 Å². The highest BCUT2D eigenvalue weighted by molar-refractivity contribution is 6.08. The minimum absolute atomic E-state index is 0.00492. The van der Waals surface area contributed by atoms with Crippen molar-refractivity contribution < 1.29 is 9.31 Å². The summed E-state index contributed by atoms with van der Waals surface area (Å²) in [7, 11) is 0. The Balaban J connectivity index is 2.47. The Morgan fingerprint density at radius 2 is 2.00 bits per heavy atom. The third kappa shape index (κ3) is 1.44. The van der Waals surface area contributed by atoms with E-state index in [4.69, 9.17) is 0 Å². The van der Waals surface area contributed by atoms with Crippen LogP contribution in [0, 0.1) is 22.9 Å². The van der Waals surface area contributed by atoms with Gasteiger partial charge in [-0.1, -0.05) is 0 Å². The van der Waals surface area contributed by atoms with Crippen LogP contribution in [-0.2, 0) is 0 Å². The third-order valence-corrected chi connectivity index (χ3v) is 3.06. The van der Waals surface area contributed by atoms with Gasteiger partial charge < -0.3 is 4.98 Å². The topological polar surface area (TPSA) is 58.9 Å². The van der Waals surface area contributed by atoms with Crippen molar-refractivity contribution in [2.24, 2.45) is 0 Å². The maximum absolute atomic E-state index is 13.4.